The van der Waals surface area contributed by atoms with Gasteiger partial charge in [-0.25, -0.2) is 0 Å². The first-order chi connectivity index (χ1) is 7.69. The molecule has 1 unspecified atom stereocenters. The minimum absolute atomic E-state index is 0.00124. The number of ether oxygens (including phenoxy) is 1. The fourth-order valence-electron chi connectivity index (χ4n) is 1.21. The lowest BCUT2D eigenvalue weighted by Gasteiger charge is -2.12. The molecule has 0 spiro atoms. The molecule has 0 saturated heterocycles. The normalized spacial score (nSPS) is 11.9. The summed E-state index contributed by atoms with van der Waals surface area (Å²) in [5.74, 6) is -0.152. The Morgan fingerprint density at radius 1 is 1.62 bits per heavy atom. The van der Waals surface area contributed by atoms with Gasteiger partial charge in [0.1, 0.15) is 0 Å². The summed E-state index contributed by atoms with van der Waals surface area (Å²) >= 11 is 0. The highest BCUT2D eigenvalue weighted by molar-refractivity contribution is 5.99. The Hall–Kier alpha value is -1.62. The number of methoxy groups -OCH3 is 1. The van der Waals surface area contributed by atoms with Crippen molar-refractivity contribution >= 4 is 11.6 Å². The number of anilines is 1. The predicted molar refractivity (Wildman–Crippen MR) is 62.6 cm³/mol. The van der Waals surface area contributed by atoms with Crippen LogP contribution in [0.2, 0.25) is 0 Å². The molecule has 1 rings (SSSR count). The van der Waals surface area contributed by atoms with Gasteiger partial charge < -0.3 is 15.4 Å². The molecular weight excluding hydrogens is 206 g/mol. The van der Waals surface area contributed by atoms with Crippen LogP contribution in [0.3, 0.4) is 0 Å². The summed E-state index contributed by atoms with van der Waals surface area (Å²) in [7, 11) is 3.38. The standard InChI is InChI=1S/C11H17N3O2/c1-8(16-3)6-14-11(15)9-7-13-5-4-10(9)12-2/h4-5,7-8H,6H2,1-3H3,(H,12,13)(H,14,15). The highest BCUT2D eigenvalue weighted by Crippen LogP contribution is 2.11. The monoisotopic (exact) mass is 223 g/mol. The van der Waals surface area contributed by atoms with Gasteiger partial charge in [0, 0.05) is 38.8 Å². The summed E-state index contributed by atoms with van der Waals surface area (Å²) in [6.07, 6.45) is 3.18. The third-order valence-corrected chi connectivity index (χ3v) is 2.29. The van der Waals surface area contributed by atoms with Gasteiger partial charge in [0.2, 0.25) is 0 Å². The van der Waals surface area contributed by atoms with Gasteiger partial charge in [0.15, 0.2) is 0 Å². The Kier molecular flexibility index (Phi) is 4.72. The van der Waals surface area contributed by atoms with E-state index in [9.17, 15) is 4.79 Å². The molecule has 16 heavy (non-hydrogen) atoms. The molecule has 88 valence electrons. The van der Waals surface area contributed by atoms with E-state index < -0.39 is 0 Å². The van der Waals surface area contributed by atoms with Crippen LogP contribution in [-0.4, -0.2) is 37.7 Å². The lowest BCUT2D eigenvalue weighted by molar-refractivity contribution is 0.0871. The first kappa shape index (κ1) is 12.4. The fraction of sp³-hybridized carbons (Fsp3) is 0.455. The van der Waals surface area contributed by atoms with Crippen LogP contribution in [0.5, 0.6) is 0 Å². The third kappa shape index (κ3) is 3.20. The summed E-state index contributed by atoms with van der Waals surface area (Å²) in [5.41, 5.74) is 1.30. The molecule has 1 heterocycles. The third-order valence-electron chi connectivity index (χ3n) is 2.29. The van der Waals surface area contributed by atoms with Crippen molar-refractivity contribution in [1.29, 1.82) is 0 Å². The minimum atomic E-state index is -0.152. The summed E-state index contributed by atoms with van der Waals surface area (Å²) < 4.78 is 5.05. The number of hydrogen-bond donors (Lipinski definition) is 2. The molecule has 1 amide bonds. The number of carbonyl (C=O) groups is 1. The predicted octanol–water partition coefficient (Wildman–Crippen LogP) is 0.888. The van der Waals surface area contributed by atoms with Gasteiger partial charge in [-0.15, -0.1) is 0 Å². The van der Waals surface area contributed by atoms with Gasteiger partial charge in [-0.2, -0.15) is 0 Å². The van der Waals surface area contributed by atoms with Crippen LogP contribution < -0.4 is 10.6 Å². The fourth-order valence-corrected chi connectivity index (χ4v) is 1.21. The number of rotatable bonds is 5. The van der Waals surface area contributed by atoms with Crippen molar-refractivity contribution in [2.75, 3.05) is 26.0 Å². The van der Waals surface area contributed by atoms with E-state index in [4.69, 9.17) is 4.74 Å². The second kappa shape index (κ2) is 6.07. The topological polar surface area (TPSA) is 63.2 Å². The lowest BCUT2D eigenvalue weighted by atomic mass is 10.2. The number of hydrogen-bond acceptors (Lipinski definition) is 4. The first-order valence-electron chi connectivity index (χ1n) is 5.11. The van der Waals surface area contributed by atoms with Gasteiger partial charge in [-0.1, -0.05) is 0 Å². The van der Waals surface area contributed by atoms with Crippen LogP contribution in [0.1, 0.15) is 17.3 Å². The average Bonchev–Trinajstić information content (AvgIpc) is 2.35. The highest BCUT2D eigenvalue weighted by Gasteiger charge is 2.11. The molecule has 1 aromatic heterocycles. The second-order valence-corrected chi connectivity index (χ2v) is 3.43. The molecule has 0 aliphatic heterocycles. The molecule has 2 N–H and O–H groups in total. The smallest absolute Gasteiger partial charge is 0.255 e. The van der Waals surface area contributed by atoms with E-state index >= 15 is 0 Å². The molecule has 0 fully saturated rings. The number of amides is 1. The lowest BCUT2D eigenvalue weighted by Crippen LogP contribution is -2.32. The zero-order chi connectivity index (χ0) is 12.0. The van der Waals surface area contributed by atoms with E-state index in [2.05, 4.69) is 15.6 Å². The van der Waals surface area contributed by atoms with Crippen LogP contribution in [0.15, 0.2) is 18.5 Å². The van der Waals surface area contributed by atoms with Gasteiger partial charge in [0.05, 0.1) is 11.7 Å². The maximum absolute atomic E-state index is 11.8. The van der Waals surface area contributed by atoms with Crippen molar-refractivity contribution < 1.29 is 9.53 Å². The largest absolute Gasteiger partial charge is 0.387 e. The van der Waals surface area contributed by atoms with Crippen LogP contribution in [-0.2, 0) is 4.74 Å². The molecule has 0 radical (unpaired) electrons. The molecule has 5 nitrogen and oxygen atoms in total. The Bertz CT molecular complexity index is 355. The van der Waals surface area contributed by atoms with Crippen LogP contribution in [0.4, 0.5) is 5.69 Å². The summed E-state index contributed by atoms with van der Waals surface area (Å²) in [4.78, 5) is 15.7. The van der Waals surface area contributed by atoms with Crippen molar-refractivity contribution in [1.82, 2.24) is 10.3 Å². The van der Waals surface area contributed by atoms with Crippen molar-refractivity contribution in [2.45, 2.75) is 13.0 Å². The van der Waals surface area contributed by atoms with Crippen molar-refractivity contribution in [3.8, 4) is 0 Å². The number of carbonyl (C=O) groups excluding carboxylic acids is 1. The molecule has 1 atom stereocenters. The minimum Gasteiger partial charge on any atom is -0.387 e. The number of aromatic nitrogens is 1. The highest BCUT2D eigenvalue weighted by atomic mass is 16.5. The van der Waals surface area contributed by atoms with E-state index in [1.165, 1.54) is 0 Å². The maximum atomic E-state index is 11.8. The molecular formula is C11H17N3O2. The Labute approximate surface area is 95.2 Å². The molecule has 5 heteroatoms. The number of nitrogens with one attached hydrogen (secondary N) is 2. The van der Waals surface area contributed by atoms with E-state index in [1.54, 1.807) is 32.6 Å². The summed E-state index contributed by atoms with van der Waals surface area (Å²) in [6, 6.07) is 1.76. The second-order valence-electron chi connectivity index (χ2n) is 3.43. The zero-order valence-corrected chi connectivity index (χ0v) is 9.78. The Morgan fingerprint density at radius 2 is 2.38 bits per heavy atom. The number of pyridine rings is 1. The maximum Gasteiger partial charge on any atom is 0.255 e. The average molecular weight is 223 g/mol. The zero-order valence-electron chi connectivity index (χ0n) is 9.78. The van der Waals surface area contributed by atoms with Crippen molar-refractivity contribution in [2.24, 2.45) is 0 Å². The van der Waals surface area contributed by atoms with E-state index in [-0.39, 0.29) is 12.0 Å². The van der Waals surface area contributed by atoms with Crippen LogP contribution in [0.25, 0.3) is 0 Å². The Morgan fingerprint density at radius 3 is 3.00 bits per heavy atom. The first-order valence-corrected chi connectivity index (χ1v) is 5.11. The molecule has 0 saturated carbocycles. The number of nitrogens with zero attached hydrogens (tertiary/aromatic N) is 1. The van der Waals surface area contributed by atoms with E-state index in [1.807, 2.05) is 6.92 Å². The van der Waals surface area contributed by atoms with E-state index in [0.717, 1.165) is 5.69 Å². The molecule has 0 aliphatic carbocycles. The van der Waals surface area contributed by atoms with Gasteiger partial charge in [-0.3, -0.25) is 9.78 Å². The van der Waals surface area contributed by atoms with E-state index in [0.29, 0.717) is 12.1 Å². The molecule has 0 aromatic carbocycles. The van der Waals surface area contributed by atoms with Crippen molar-refractivity contribution in [3.05, 3.63) is 24.0 Å². The molecule has 1 aromatic rings. The quantitative estimate of drug-likeness (QED) is 0.778. The van der Waals surface area contributed by atoms with Crippen LogP contribution in [0, 0.1) is 0 Å². The van der Waals surface area contributed by atoms with Crippen LogP contribution >= 0.6 is 0 Å². The molecule has 0 aliphatic rings. The van der Waals surface area contributed by atoms with Gasteiger partial charge >= 0.3 is 0 Å². The molecule has 0 bridgehead atoms. The Balaban J connectivity index is 2.65. The summed E-state index contributed by atoms with van der Waals surface area (Å²) in [5, 5.41) is 5.73. The van der Waals surface area contributed by atoms with Crippen molar-refractivity contribution in [3.63, 3.8) is 0 Å². The SMILES string of the molecule is CNc1ccncc1C(=O)NCC(C)OC. The van der Waals surface area contributed by atoms with Gasteiger partial charge in [-0.05, 0) is 13.0 Å². The van der Waals surface area contributed by atoms with Gasteiger partial charge in [0.25, 0.3) is 5.91 Å². The summed E-state index contributed by atoms with van der Waals surface area (Å²) in [6.45, 7) is 2.37.